The molecule has 0 saturated heterocycles. The van der Waals surface area contributed by atoms with Gasteiger partial charge in [-0.25, -0.2) is 4.79 Å². The third kappa shape index (κ3) is 4.17. The highest BCUT2D eigenvalue weighted by Gasteiger charge is 2.17. The number of amides is 1. The van der Waals surface area contributed by atoms with Gasteiger partial charge in [-0.3, -0.25) is 4.79 Å². The third-order valence-electron chi connectivity index (χ3n) is 2.42. The zero-order chi connectivity index (χ0) is 14.3. The summed E-state index contributed by atoms with van der Waals surface area (Å²) in [5.74, 6) is -0.412. The quantitative estimate of drug-likeness (QED) is 0.591. The minimum Gasteiger partial charge on any atom is -0.496 e. The number of hydrogen-bond donors (Lipinski definition) is 2. The molecular weight excluding hydrogens is 248 g/mol. The molecule has 0 atom stereocenters. The maximum Gasteiger partial charge on any atom is 0.344 e. The maximum absolute atomic E-state index is 11.9. The van der Waals surface area contributed by atoms with Gasteiger partial charge in [-0.15, -0.1) is 0 Å². The number of rotatable bonds is 6. The van der Waals surface area contributed by atoms with Gasteiger partial charge in [-0.05, 0) is 19.1 Å². The first-order valence-corrected chi connectivity index (χ1v) is 5.96. The van der Waals surface area contributed by atoms with Crippen LogP contribution in [-0.4, -0.2) is 32.1 Å². The van der Waals surface area contributed by atoms with E-state index in [1.54, 1.807) is 18.2 Å². The van der Waals surface area contributed by atoms with Gasteiger partial charge in [-0.1, -0.05) is 6.07 Å². The van der Waals surface area contributed by atoms with E-state index in [4.69, 9.17) is 15.2 Å². The van der Waals surface area contributed by atoms with Crippen LogP contribution in [0.4, 0.5) is 5.69 Å². The Morgan fingerprint density at radius 3 is 2.74 bits per heavy atom. The Morgan fingerprint density at radius 1 is 1.37 bits per heavy atom. The van der Waals surface area contributed by atoms with Crippen molar-refractivity contribution < 1.29 is 19.1 Å². The number of methoxy groups -OCH3 is 1. The molecule has 3 N–H and O–H groups in total. The lowest BCUT2D eigenvalue weighted by Gasteiger charge is -2.10. The van der Waals surface area contributed by atoms with Crippen molar-refractivity contribution in [2.45, 2.75) is 13.3 Å². The summed E-state index contributed by atoms with van der Waals surface area (Å²) in [6.45, 7) is 2.37. The van der Waals surface area contributed by atoms with E-state index in [1.165, 1.54) is 7.11 Å². The van der Waals surface area contributed by atoms with E-state index >= 15 is 0 Å². The zero-order valence-corrected chi connectivity index (χ0v) is 11.1. The number of carbonyl (C=O) groups is 2. The minimum atomic E-state index is -0.598. The van der Waals surface area contributed by atoms with Crippen molar-refractivity contribution in [2.75, 3.05) is 26.0 Å². The number of nitrogens with one attached hydrogen (secondary N) is 1. The van der Waals surface area contributed by atoms with Crippen LogP contribution < -0.4 is 15.8 Å². The largest absolute Gasteiger partial charge is 0.496 e. The molecule has 0 fully saturated rings. The molecule has 0 aliphatic heterocycles. The molecule has 0 saturated carbocycles. The number of esters is 1. The number of benzene rings is 1. The molecular formula is C13H18N2O4. The highest BCUT2D eigenvalue weighted by atomic mass is 16.5. The molecule has 6 nitrogen and oxygen atoms in total. The Labute approximate surface area is 111 Å². The van der Waals surface area contributed by atoms with Gasteiger partial charge in [0.2, 0.25) is 5.91 Å². The Kier molecular flexibility index (Phi) is 5.66. The third-order valence-corrected chi connectivity index (χ3v) is 2.42. The SMILES string of the molecule is CCNC(=O)CCOC(=O)c1c(N)cccc1OC. The van der Waals surface area contributed by atoms with Gasteiger partial charge < -0.3 is 20.5 Å². The molecule has 19 heavy (non-hydrogen) atoms. The number of nitrogen functional groups attached to an aromatic ring is 1. The first kappa shape index (κ1) is 14.8. The van der Waals surface area contributed by atoms with E-state index in [9.17, 15) is 9.59 Å². The average molecular weight is 266 g/mol. The maximum atomic E-state index is 11.9. The summed E-state index contributed by atoms with van der Waals surface area (Å²) in [7, 11) is 1.44. The Morgan fingerprint density at radius 2 is 2.11 bits per heavy atom. The van der Waals surface area contributed by atoms with Crippen molar-refractivity contribution >= 4 is 17.6 Å². The van der Waals surface area contributed by atoms with Gasteiger partial charge in [0.05, 0.1) is 13.5 Å². The van der Waals surface area contributed by atoms with E-state index in [-0.39, 0.29) is 30.2 Å². The topological polar surface area (TPSA) is 90.7 Å². The number of nitrogens with two attached hydrogens (primary N) is 1. The van der Waals surface area contributed by atoms with Crippen LogP contribution in [0.15, 0.2) is 18.2 Å². The second kappa shape index (κ2) is 7.25. The average Bonchev–Trinajstić information content (AvgIpc) is 2.38. The van der Waals surface area contributed by atoms with E-state index < -0.39 is 5.97 Å². The normalized spacial score (nSPS) is 9.79. The summed E-state index contributed by atoms with van der Waals surface area (Å²) >= 11 is 0. The monoisotopic (exact) mass is 266 g/mol. The summed E-state index contributed by atoms with van der Waals surface area (Å²) in [4.78, 5) is 23.1. The molecule has 1 aromatic rings. The van der Waals surface area contributed by atoms with Crippen LogP contribution in [-0.2, 0) is 9.53 Å². The molecule has 1 aromatic carbocycles. The lowest BCUT2D eigenvalue weighted by Crippen LogP contribution is -2.24. The van der Waals surface area contributed by atoms with Crippen LogP contribution in [0.3, 0.4) is 0 Å². The van der Waals surface area contributed by atoms with Crippen molar-refractivity contribution in [3.05, 3.63) is 23.8 Å². The molecule has 1 rings (SSSR count). The first-order valence-electron chi connectivity index (χ1n) is 5.96. The molecule has 0 radical (unpaired) electrons. The molecule has 0 bridgehead atoms. The van der Waals surface area contributed by atoms with Crippen LogP contribution in [0.25, 0.3) is 0 Å². The number of carbonyl (C=O) groups excluding carboxylic acids is 2. The molecule has 0 heterocycles. The summed E-state index contributed by atoms with van der Waals surface area (Å²) in [5, 5.41) is 2.61. The lowest BCUT2D eigenvalue weighted by atomic mass is 10.1. The fourth-order valence-electron chi connectivity index (χ4n) is 1.53. The highest BCUT2D eigenvalue weighted by Crippen LogP contribution is 2.24. The van der Waals surface area contributed by atoms with Gasteiger partial charge in [0.15, 0.2) is 0 Å². The summed E-state index contributed by atoms with van der Waals surface area (Å²) in [5.41, 5.74) is 6.18. The number of hydrogen-bond acceptors (Lipinski definition) is 5. The van der Waals surface area contributed by atoms with Crippen LogP contribution in [0.2, 0.25) is 0 Å². The van der Waals surface area contributed by atoms with Gasteiger partial charge in [0.25, 0.3) is 0 Å². The molecule has 0 spiro atoms. The fourth-order valence-corrected chi connectivity index (χ4v) is 1.53. The second-order valence-corrected chi connectivity index (χ2v) is 3.76. The van der Waals surface area contributed by atoms with E-state index in [0.29, 0.717) is 12.3 Å². The van der Waals surface area contributed by atoms with Crippen molar-refractivity contribution in [3.63, 3.8) is 0 Å². The standard InChI is InChI=1S/C13H18N2O4/c1-3-15-11(16)7-8-19-13(17)12-9(14)5-4-6-10(12)18-2/h4-6H,3,7-8,14H2,1-2H3,(H,15,16). The number of anilines is 1. The lowest BCUT2D eigenvalue weighted by molar-refractivity contribution is -0.121. The smallest absolute Gasteiger partial charge is 0.344 e. The molecule has 0 aliphatic rings. The Hall–Kier alpha value is -2.24. The van der Waals surface area contributed by atoms with Crippen molar-refractivity contribution in [1.82, 2.24) is 5.32 Å². The Balaban J connectivity index is 2.61. The second-order valence-electron chi connectivity index (χ2n) is 3.76. The van der Waals surface area contributed by atoms with E-state index in [2.05, 4.69) is 5.32 Å². The molecule has 0 unspecified atom stereocenters. The molecule has 6 heteroatoms. The molecule has 0 aromatic heterocycles. The van der Waals surface area contributed by atoms with Crippen molar-refractivity contribution in [1.29, 1.82) is 0 Å². The van der Waals surface area contributed by atoms with Gasteiger partial charge in [-0.2, -0.15) is 0 Å². The molecule has 1 amide bonds. The van der Waals surface area contributed by atoms with Crippen LogP contribution in [0, 0.1) is 0 Å². The molecule has 104 valence electrons. The van der Waals surface area contributed by atoms with Crippen molar-refractivity contribution in [2.24, 2.45) is 0 Å². The van der Waals surface area contributed by atoms with E-state index in [1.807, 2.05) is 6.92 Å². The minimum absolute atomic E-state index is 0.00214. The van der Waals surface area contributed by atoms with E-state index in [0.717, 1.165) is 0 Å². The molecule has 0 aliphatic carbocycles. The predicted octanol–water partition coefficient (Wildman–Crippen LogP) is 0.960. The first-order chi connectivity index (χ1) is 9.10. The summed E-state index contributed by atoms with van der Waals surface area (Å²) < 4.78 is 10.1. The van der Waals surface area contributed by atoms with Gasteiger partial charge in [0.1, 0.15) is 17.9 Å². The van der Waals surface area contributed by atoms with Crippen LogP contribution in [0.1, 0.15) is 23.7 Å². The van der Waals surface area contributed by atoms with Crippen LogP contribution >= 0.6 is 0 Å². The number of ether oxygens (including phenoxy) is 2. The van der Waals surface area contributed by atoms with Crippen LogP contribution in [0.5, 0.6) is 5.75 Å². The fraction of sp³-hybridized carbons (Fsp3) is 0.385. The van der Waals surface area contributed by atoms with Gasteiger partial charge in [0, 0.05) is 12.2 Å². The Bertz CT molecular complexity index is 460. The predicted molar refractivity (Wildman–Crippen MR) is 71.0 cm³/mol. The highest BCUT2D eigenvalue weighted by molar-refractivity contribution is 5.98. The van der Waals surface area contributed by atoms with Crippen molar-refractivity contribution in [3.8, 4) is 5.75 Å². The summed E-state index contributed by atoms with van der Waals surface area (Å²) in [6, 6.07) is 4.89. The van der Waals surface area contributed by atoms with Gasteiger partial charge >= 0.3 is 5.97 Å². The summed E-state index contributed by atoms with van der Waals surface area (Å²) in [6.07, 6.45) is 0.120. The zero-order valence-electron chi connectivity index (χ0n) is 11.1.